The maximum Gasteiger partial charge on any atom is 0.411 e. The maximum absolute atomic E-state index is 13.5. The van der Waals surface area contributed by atoms with E-state index in [1.807, 2.05) is 0 Å². The lowest BCUT2D eigenvalue weighted by atomic mass is 9.78. The number of carboxylic acids is 1. The Balaban J connectivity index is 2.69. The number of hydrogen-bond acceptors (Lipinski definition) is 3. The molecule has 0 radical (unpaired) electrons. The van der Waals surface area contributed by atoms with Crippen LogP contribution in [0.3, 0.4) is 0 Å². The van der Waals surface area contributed by atoms with Crippen LogP contribution >= 0.6 is 0 Å². The lowest BCUT2D eigenvalue weighted by molar-refractivity contribution is -0.140. The predicted molar refractivity (Wildman–Crippen MR) is 63.1 cm³/mol. The zero-order chi connectivity index (χ0) is 14.8. The molecule has 0 unspecified atom stereocenters. The van der Waals surface area contributed by atoms with Crippen molar-refractivity contribution in [1.82, 2.24) is 4.90 Å². The molecule has 0 aromatic carbocycles. The molecule has 1 amide bonds. The minimum atomic E-state index is -1.35. The average molecular weight is 262 g/mol. The topological polar surface area (TPSA) is 66.8 Å². The summed E-state index contributed by atoms with van der Waals surface area (Å²) in [5.41, 5.74) is -2.34. The molecule has 0 spiro atoms. The van der Waals surface area contributed by atoms with Crippen LogP contribution in [0.5, 0.6) is 0 Å². The summed E-state index contributed by atoms with van der Waals surface area (Å²) in [6.07, 6.45) is -0.590. The SMILES string of the molecule is [2H]CC(C)(C)OC(=O)N(CC(=O)O)C1CC(C)(F)C1. The van der Waals surface area contributed by atoms with Gasteiger partial charge in [0.15, 0.2) is 0 Å². The summed E-state index contributed by atoms with van der Waals surface area (Å²) in [7, 11) is 0. The molecule has 0 saturated heterocycles. The number of aliphatic carboxylic acids is 1. The smallest absolute Gasteiger partial charge is 0.411 e. The minimum Gasteiger partial charge on any atom is -0.480 e. The number of amides is 1. The second-order valence-corrected chi connectivity index (χ2v) is 5.62. The molecule has 0 bridgehead atoms. The van der Waals surface area contributed by atoms with Gasteiger partial charge in [-0.2, -0.15) is 0 Å². The van der Waals surface area contributed by atoms with E-state index < -0.39 is 35.9 Å². The van der Waals surface area contributed by atoms with E-state index in [2.05, 4.69) is 0 Å². The van der Waals surface area contributed by atoms with Gasteiger partial charge in [0, 0.05) is 20.3 Å². The number of nitrogens with zero attached hydrogens (tertiary/aromatic N) is 1. The Bertz CT molecular complexity index is 365. The lowest BCUT2D eigenvalue weighted by Crippen LogP contribution is -2.55. The van der Waals surface area contributed by atoms with Crippen molar-refractivity contribution in [2.45, 2.75) is 57.8 Å². The molecule has 1 aliphatic carbocycles. The van der Waals surface area contributed by atoms with Crippen LogP contribution in [0.1, 0.15) is 41.9 Å². The number of alkyl halides is 1. The first-order valence-electron chi connectivity index (χ1n) is 6.46. The van der Waals surface area contributed by atoms with Gasteiger partial charge in [-0.3, -0.25) is 9.69 Å². The van der Waals surface area contributed by atoms with Crippen LogP contribution in [-0.2, 0) is 9.53 Å². The third kappa shape index (κ3) is 4.16. The molecule has 0 aliphatic heterocycles. The first kappa shape index (κ1) is 13.1. The molecule has 1 fully saturated rings. The van der Waals surface area contributed by atoms with Crippen LogP contribution in [0, 0.1) is 0 Å². The standard InChI is InChI=1S/C12H20FNO4/c1-11(2,3)18-10(17)14(7-9(15)16)8-5-12(4,13)6-8/h8H,5-7H2,1-4H3,(H,15,16)/i1D. The normalized spacial score (nSPS) is 28.0. The highest BCUT2D eigenvalue weighted by atomic mass is 19.1. The van der Waals surface area contributed by atoms with Crippen molar-refractivity contribution in [3.05, 3.63) is 0 Å². The molecule has 0 atom stereocenters. The summed E-state index contributed by atoms with van der Waals surface area (Å²) in [6, 6.07) is -0.458. The van der Waals surface area contributed by atoms with Crippen LogP contribution in [-0.4, -0.2) is 45.9 Å². The third-order valence-corrected chi connectivity index (χ3v) is 2.67. The van der Waals surface area contributed by atoms with E-state index in [4.69, 9.17) is 11.2 Å². The lowest BCUT2D eigenvalue weighted by Gasteiger charge is -2.44. The Morgan fingerprint density at radius 2 is 2.17 bits per heavy atom. The highest BCUT2D eigenvalue weighted by molar-refractivity contribution is 5.77. The molecule has 1 N–H and O–H groups in total. The average Bonchev–Trinajstić information content (AvgIpc) is 2.21. The molecule has 1 rings (SSSR count). The number of halogens is 1. The summed E-state index contributed by atoms with van der Waals surface area (Å²) in [5, 5.41) is 8.81. The molecule has 104 valence electrons. The number of ether oxygens (including phenoxy) is 1. The van der Waals surface area contributed by atoms with Crippen molar-refractivity contribution in [1.29, 1.82) is 0 Å². The Morgan fingerprint density at radius 3 is 2.56 bits per heavy atom. The first-order chi connectivity index (χ1) is 8.56. The number of hydrogen-bond donors (Lipinski definition) is 1. The number of carbonyl (C=O) groups excluding carboxylic acids is 1. The Hall–Kier alpha value is -1.33. The molecular weight excluding hydrogens is 241 g/mol. The largest absolute Gasteiger partial charge is 0.480 e. The Kier molecular flexibility index (Phi) is 3.45. The Labute approximate surface area is 107 Å². The number of carbonyl (C=O) groups is 2. The monoisotopic (exact) mass is 262 g/mol. The molecule has 0 heterocycles. The maximum atomic E-state index is 13.5. The van der Waals surface area contributed by atoms with E-state index >= 15 is 0 Å². The fraction of sp³-hybridized carbons (Fsp3) is 0.833. The van der Waals surface area contributed by atoms with Gasteiger partial charge in [0.1, 0.15) is 17.8 Å². The zero-order valence-electron chi connectivity index (χ0n) is 11.9. The van der Waals surface area contributed by atoms with Gasteiger partial charge in [-0.15, -0.1) is 0 Å². The fourth-order valence-corrected chi connectivity index (χ4v) is 1.93. The minimum absolute atomic E-state index is 0.108. The zero-order valence-corrected chi connectivity index (χ0v) is 10.9. The summed E-state index contributed by atoms with van der Waals surface area (Å²) in [6.45, 7) is 3.90. The van der Waals surface area contributed by atoms with E-state index in [-0.39, 0.29) is 19.7 Å². The third-order valence-electron chi connectivity index (χ3n) is 2.67. The van der Waals surface area contributed by atoms with Crippen LogP contribution in [0.25, 0.3) is 0 Å². The summed E-state index contributed by atoms with van der Waals surface area (Å²) in [4.78, 5) is 23.7. The molecular formula is C12H20FNO4. The first-order valence-corrected chi connectivity index (χ1v) is 5.76. The highest BCUT2D eigenvalue weighted by Crippen LogP contribution is 2.39. The van der Waals surface area contributed by atoms with Gasteiger partial charge in [-0.05, 0) is 27.7 Å². The van der Waals surface area contributed by atoms with E-state index in [0.717, 1.165) is 4.90 Å². The van der Waals surface area contributed by atoms with Crippen molar-refractivity contribution >= 4 is 12.1 Å². The summed E-state index contributed by atoms with van der Waals surface area (Å²) < 4.78 is 25.8. The van der Waals surface area contributed by atoms with Crippen molar-refractivity contribution < 1.29 is 25.2 Å². The van der Waals surface area contributed by atoms with Gasteiger partial charge < -0.3 is 9.84 Å². The van der Waals surface area contributed by atoms with Gasteiger partial charge in [0.2, 0.25) is 0 Å². The van der Waals surface area contributed by atoms with E-state index in [0.29, 0.717) is 0 Å². The van der Waals surface area contributed by atoms with Crippen LogP contribution in [0.2, 0.25) is 0 Å². The van der Waals surface area contributed by atoms with Gasteiger partial charge in [0.05, 0.1) is 0 Å². The van der Waals surface area contributed by atoms with Gasteiger partial charge in [-0.1, -0.05) is 0 Å². The molecule has 1 aliphatic rings. The molecule has 1 saturated carbocycles. The van der Waals surface area contributed by atoms with E-state index in [1.54, 1.807) is 13.8 Å². The number of carboxylic acid groups (broad SMARTS) is 1. The number of rotatable bonds is 3. The van der Waals surface area contributed by atoms with Crippen molar-refractivity contribution in [2.75, 3.05) is 6.54 Å². The predicted octanol–water partition coefficient (Wildman–Crippen LogP) is 2.20. The van der Waals surface area contributed by atoms with E-state index in [1.165, 1.54) is 6.92 Å². The van der Waals surface area contributed by atoms with Gasteiger partial charge >= 0.3 is 12.1 Å². The highest BCUT2D eigenvalue weighted by Gasteiger charge is 2.46. The second-order valence-electron chi connectivity index (χ2n) is 5.62. The van der Waals surface area contributed by atoms with Crippen molar-refractivity contribution in [3.8, 4) is 0 Å². The van der Waals surface area contributed by atoms with Crippen molar-refractivity contribution in [3.63, 3.8) is 0 Å². The van der Waals surface area contributed by atoms with Crippen LogP contribution < -0.4 is 0 Å². The fourth-order valence-electron chi connectivity index (χ4n) is 1.93. The molecule has 0 aromatic rings. The Morgan fingerprint density at radius 1 is 1.61 bits per heavy atom. The van der Waals surface area contributed by atoms with Gasteiger partial charge in [0.25, 0.3) is 0 Å². The van der Waals surface area contributed by atoms with Crippen LogP contribution in [0.15, 0.2) is 0 Å². The summed E-state index contributed by atoms with van der Waals surface area (Å²) >= 11 is 0. The quantitative estimate of drug-likeness (QED) is 0.846. The molecule has 0 aromatic heterocycles. The van der Waals surface area contributed by atoms with Gasteiger partial charge in [-0.25, -0.2) is 9.18 Å². The van der Waals surface area contributed by atoms with E-state index in [9.17, 15) is 14.0 Å². The summed E-state index contributed by atoms with van der Waals surface area (Å²) in [5.74, 6) is -1.17. The van der Waals surface area contributed by atoms with Crippen LogP contribution in [0.4, 0.5) is 9.18 Å². The molecule has 5 nitrogen and oxygen atoms in total. The molecule has 6 heteroatoms. The van der Waals surface area contributed by atoms with Crippen molar-refractivity contribution in [2.24, 2.45) is 0 Å². The molecule has 18 heavy (non-hydrogen) atoms. The second kappa shape index (κ2) is 4.74.